The second-order valence-electron chi connectivity index (χ2n) is 6.67. The quantitative estimate of drug-likeness (QED) is 0.771. The molecule has 3 atom stereocenters. The molecule has 5 nitrogen and oxygen atoms in total. The molecule has 27 heavy (non-hydrogen) atoms. The Kier molecular flexibility index (Phi) is 4.58. The molecule has 1 amide bonds. The van der Waals surface area contributed by atoms with E-state index in [9.17, 15) is 14.7 Å². The van der Waals surface area contributed by atoms with Crippen LogP contribution in [0.15, 0.2) is 48.6 Å². The van der Waals surface area contributed by atoms with Crippen LogP contribution in [0.4, 0.5) is 11.4 Å². The number of allylic oxidation sites excluding steroid dienone is 2. The Balaban J connectivity index is 1.62. The Morgan fingerprint density at radius 2 is 1.96 bits per heavy atom. The first-order valence-corrected chi connectivity index (χ1v) is 9.24. The highest BCUT2D eigenvalue weighted by molar-refractivity contribution is 6.37. The lowest BCUT2D eigenvalue weighted by molar-refractivity contribution is -0.308. The molecule has 1 aliphatic carbocycles. The summed E-state index contributed by atoms with van der Waals surface area (Å²) in [5, 5.41) is 18.1. The fourth-order valence-corrected chi connectivity index (χ4v) is 4.27. The molecule has 0 aromatic heterocycles. The molecule has 2 aromatic rings. The van der Waals surface area contributed by atoms with E-state index < -0.39 is 12.0 Å². The summed E-state index contributed by atoms with van der Waals surface area (Å²) in [6, 6.07) is 9.32. The standard InChI is InChI=1S/C20H16Cl2N2O3/c21-10-4-6-14(16(22)8-10)19(25)23-11-5-7-17-15(9-11)12-2-1-3-13(12)18(24-17)20(26)27/h1-2,4-9,12-13,18,24H,3H2,(H,23,25)(H,26,27)/p-1/t12-,13-,18-/m1/s1. The number of carboxylic acids is 1. The van der Waals surface area contributed by atoms with Gasteiger partial charge in [0, 0.05) is 22.3 Å². The Labute approximate surface area is 166 Å². The van der Waals surface area contributed by atoms with Crippen molar-refractivity contribution in [1.29, 1.82) is 0 Å². The van der Waals surface area contributed by atoms with Crippen LogP contribution < -0.4 is 15.7 Å². The lowest BCUT2D eigenvalue weighted by atomic mass is 9.79. The summed E-state index contributed by atoms with van der Waals surface area (Å²) in [6.45, 7) is 0. The molecule has 0 saturated heterocycles. The molecular weight excluding hydrogens is 387 g/mol. The number of carbonyl (C=O) groups excluding carboxylic acids is 2. The van der Waals surface area contributed by atoms with Gasteiger partial charge >= 0.3 is 0 Å². The zero-order valence-corrected chi connectivity index (χ0v) is 15.6. The molecule has 0 unspecified atom stereocenters. The second kappa shape index (κ2) is 6.91. The van der Waals surface area contributed by atoms with E-state index in [0.29, 0.717) is 22.7 Å². The summed E-state index contributed by atoms with van der Waals surface area (Å²) in [5.74, 6) is -1.57. The SMILES string of the molecule is O=C(Nc1ccc2c(c1)[C@@H]1C=CC[C@H]1[C@H](C(=O)[O-])N2)c1ccc(Cl)cc1Cl. The van der Waals surface area contributed by atoms with Crippen molar-refractivity contribution in [3.63, 3.8) is 0 Å². The molecule has 0 spiro atoms. The van der Waals surface area contributed by atoms with Crippen LogP contribution in [0.25, 0.3) is 0 Å². The number of carbonyl (C=O) groups is 2. The van der Waals surface area contributed by atoms with E-state index in [4.69, 9.17) is 23.2 Å². The van der Waals surface area contributed by atoms with Gasteiger partial charge in [0.25, 0.3) is 5.91 Å². The molecule has 2 aliphatic rings. The number of hydrogen-bond donors (Lipinski definition) is 2. The molecule has 0 radical (unpaired) electrons. The van der Waals surface area contributed by atoms with Crippen LogP contribution in [0.5, 0.6) is 0 Å². The number of rotatable bonds is 3. The first-order chi connectivity index (χ1) is 12.9. The molecule has 1 aliphatic heterocycles. The third-order valence-corrected chi connectivity index (χ3v) is 5.60. The van der Waals surface area contributed by atoms with Crippen molar-refractivity contribution in [3.8, 4) is 0 Å². The van der Waals surface area contributed by atoms with Crippen molar-refractivity contribution >= 4 is 46.5 Å². The number of aliphatic carboxylic acids is 1. The van der Waals surface area contributed by atoms with Crippen molar-refractivity contribution in [2.24, 2.45) is 5.92 Å². The Morgan fingerprint density at radius 1 is 1.15 bits per heavy atom. The Bertz CT molecular complexity index is 974. The van der Waals surface area contributed by atoms with Crippen molar-refractivity contribution in [2.45, 2.75) is 18.4 Å². The molecule has 4 rings (SSSR count). The summed E-state index contributed by atoms with van der Waals surface area (Å²) in [6.07, 6.45) is 4.68. The van der Waals surface area contributed by atoms with E-state index in [1.807, 2.05) is 18.2 Å². The molecule has 0 saturated carbocycles. The Hall–Kier alpha value is -2.50. The topological polar surface area (TPSA) is 81.3 Å². The summed E-state index contributed by atoms with van der Waals surface area (Å²) >= 11 is 12.0. The monoisotopic (exact) mass is 401 g/mol. The minimum absolute atomic E-state index is 0.0277. The van der Waals surface area contributed by atoms with Crippen LogP contribution in [0.2, 0.25) is 10.0 Å². The maximum atomic E-state index is 12.5. The average molecular weight is 402 g/mol. The van der Waals surface area contributed by atoms with Crippen LogP contribution in [0.3, 0.4) is 0 Å². The van der Waals surface area contributed by atoms with Gasteiger partial charge in [0.1, 0.15) is 0 Å². The summed E-state index contributed by atoms with van der Waals surface area (Å²) in [4.78, 5) is 24.0. The van der Waals surface area contributed by atoms with Crippen molar-refractivity contribution in [1.82, 2.24) is 0 Å². The predicted octanol–water partition coefficient (Wildman–Crippen LogP) is 3.45. The van der Waals surface area contributed by atoms with E-state index in [1.54, 1.807) is 24.3 Å². The number of anilines is 2. The maximum Gasteiger partial charge on any atom is 0.257 e. The lowest BCUT2D eigenvalue weighted by Crippen LogP contribution is -2.48. The molecule has 2 N–H and O–H groups in total. The van der Waals surface area contributed by atoms with E-state index in [1.165, 1.54) is 6.07 Å². The largest absolute Gasteiger partial charge is 0.548 e. The fourth-order valence-electron chi connectivity index (χ4n) is 3.78. The zero-order valence-electron chi connectivity index (χ0n) is 14.0. The van der Waals surface area contributed by atoms with Crippen LogP contribution >= 0.6 is 23.2 Å². The van der Waals surface area contributed by atoms with E-state index in [-0.39, 0.29) is 22.8 Å². The van der Waals surface area contributed by atoms with Gasteiger partial charge in [-0.25, -0.2) is 0 Å². The first-order valence-electron chi connectivity index (χ1n) is 8.48. The summed E-state index contributed by atoms with van der Waals surface area (Å²) < 4.78 is 0. The van der Waals surface area contributed by atoms with E-state index >= 15 is 0 Å². The number of amides is 1. The van der Waals surface area contributed by atoms with E-state index in [2.05, 4.69) is 10.6 Å². The van der Waals surface area contributed by atoms with Gasteiger partial charge in [0.05, 0.1) is 22.6 Å². The number of hydrogen-bond acceptors (Lipinski definition) is 4. The number of benzene rings is 2. The van der Waals surface area contributed by atoms with Crippen molar-refractivity contribution < 1.29 is 14.7 Å². The second-order valence-corrected chi connectivity index (χ2v) is 7.52. The van der Waals surface area contributed by atoms with Gasteiger partial charge in [-0.2, -0.15) is 0 Å². The Morgan fingerprint density at radius 3 is 2.70 bits per heavy atom. The maximum absolute atomic E-state index is 12.5. The number of nitrogens with one attached hydrogen (secondary N) is 2. The van der Waals surface area contributed by atoms with Crippen molar-refractivity contribution in [3.05, 3.63) is 69.7 Å². The van der Waals surface area contributed by atoms with Crippen LogP contribution in [-0.2, 0) is 4.79 Å². The van der Waals surface area contributed by atoms with Gasteiger partial charge in [0.15, 0.2) is 0 Å². The molecule has 0 bridgehead atoms. The zero-order chi connectivity index (χ0) is 19.1. The molecule has 7 heteroatoms. The molecule has 1 heterocycles. The van der Waals surface area contributed by atoms with Gasteiger partial charge in [0.2, 0.25) is 0 Å². The van der Waals surface area contributed by atoms with Gasteiger partial charge in [-0.1, -0.05) is 35.4 Å². The van der Waals surface area contributed by atoms with Crippen LogP contribution in [-0.4, -0.2) is 17.9 Å². The lowest BCUT2D eigenvalue weighted by Gasteiger charge is -2.37. The number of carboxylic acid groups (broad SMARTS) is 1. The normalized spacial score (nSPS) is 22.5. The number of fused-ring (bicyclic) bond motifs is 3. The molecular formula is C20H15Cl2N2O3-. The predicted molar refractivity (Wildman–Crippen MR) is 103 cm³/mol. The van der Waals surface area contributed by atoms with Crippen molar-refractivity contribution in [2.75, 3.05) is 10.6 Å². The minimum atomic E-state index is -1.10. The van der Waals surface area contributed by atoms with Gasteiger partial charge in [-0.05, 0) is 54.3 Å². The summed E-state index contributed by atoms with van der Waals surface area (Å²) in [5.41, 5.74) is 2.62. The van der Waals surface area contributed by atoms with Crippen LogP contribution in [0.1, 0.15) is 28.3 Å². The first kappa shape index (κ1) is 17.9. The highest BCUT2D eigenvalue weighted by Crippen LogP contribution is 2.45. The third kappa shape index (κ3) is 3.29. The molecule has 138 valence electrons. The minimum Gasteiger partial charge on any atom is -0.548 e. The number of halogens is 2. The molecule has 0 fully saturated rings. The highest BCUT2D eigenvalue weighted by atomic mass is 35.5. The average Bonchev–Trinajstić information content (AvgIpc) is 3.10. The highest BCUT2D eigenvalue weighted by Gasteiger charge is 2.37. The van der Waals surface area contributed by atoms with Crippen LogP contribution in [0, 0.1) is 5.92 Å². The summed E-state index contributed by atoms with van der Waals surface area (Å²) in [7, 11) is 0. The van der Waals surface area contributed by atoms with Gasteiger partial charge in [-0.15, -0.1) is 0 Å². The smallest absolute Gasteiger partial charge is 0.257 e. The fraction of sp³-hybridized carbons (Fsp3) is 0.200. The third-order valence-electron chi connectivity index (χ3n) is 5.05. The van der Waals surface area contributed by atoms with Gasteiger partial charge < -0.3 is 20.5 Å². The van der Waals surface area contributed by atoms with E-state index in [0.717, 1.165) is 11.3 Å². The molecule has 2 aromatic carbocycles. The van der Waals surface area contributed by atoms with Gasteiger partial charge in [-0.3, -0.25) is 4.79 Å².